The van der Waals surface area contributed by atoms with E-state index in [1.807, 2.05) is 61.2 Å². The molecular weight excluding hydrogens is 374 g/mol. The van der Waals surface area contributed by atoms with Crippen molar-refractivity contribution in [3.8, 4) is 0 Å². The Labute approximate surface area is 170 Å². The van der Waals surface area contributed by atoms with Crippen LogP contribution in [0.5, 0.6) is 0 Å². The standard InChI is InChI=1S/C23H24ClNO3/c1-15-5-10-20-16(2)22(28-21(20)12-15)23(26)25(14-19-4-3-11-27-19)13-17-6-8-18(24)9-7-17/h5-10,12,19H,3-4,11,13-14H2,1-2H3. The minimum atomic E-state index is -0.100. The van der Waals surface area contributed by atoms with Gasteiger partial charge in [0.15, 0.2) is 5.76 Å². The van der Waals surface area contributed by atoms with Gasteiger partial charge in [-0.15, -0.1) is 0 Å². The smallest absolute Gasteiger partial charge is 0.290 e. The summed E-state index contributed by atoms with van der Waals surface area (Å²) in [5.74, 6) is 0.310. The molecule has 2 heterocycles. The normalized spacial score (nSPS) is 16.6. The highest BCUT2D eigenvalue weighted by Gasteiger charge is 2.27. The number of nitrogens with zero attached hydrogens (tertiary/aromatic N) is 1. The van der Waals surface area contributed by atoms with E-state index in [1.54, 1.807) is 0 Å². The Morgan fingerprint density at radius 3 is 2.68 bits per heavy atom. The molecule has 28 heavy (non-hydrogen) atoms. The zero-order valence-corrected chi connectivity index (χ0v) is 17.0. The molecule has 0 bridgehead atoms. The lowest BCUT2D eigenvalue weighted by Crippen LogP contribution is -2.37. The number of aryl methyl sites for hydroxylation is 2. The molecule has 0 saturated carbocycles. The van der Waals surface area contributed by atoms with Gasteiger partial charge in [0.1, 0.15) is 5.58 Å². The van der Waals surface area contributed by atoms with Crippen LogP contribution in [0.4, 0.5) is 0 Å². The molecular formula is C23H24ClNO3. The fourth-order valence-corrected chi connectivity index (χ4v) is 3.87. The fourth-order valence-electron chi connectivity index (χ4n) is 3.74. The molecule has 4 nitrogen and oxygen atoms in total. The first-order chi connectivity index (χ1) is 13.5. The Morgan fingerprint density at radius 1 is 1.18 bits per heavy atom. The Kier molecular flexibility index (Phi) is 5.42. The number of fused-ring (bicyclic) bond motifs is 1. The van der Waals surface area contributed by atoms with E-state index in [2.05, 4.69) is 0 Å². The van der Waals surface area contributed by atoms with Crippen LogP contribution in [0.25, 0.3) is 11.0 Å². The molecule has 146 valence electrons. The number of furan rings is 1. The monoisotopic (exact) mass is 397 g/mol. The van der Waals surface area contributed by atoms with Crippen LogP contribution in [-0.2, 0) is 11.3 Å². The largest absolute Gasteiger partial charge is 0.451 e. The predicted molar refractivity (Wildman–Crippen MR) is 111 cm³/mol. The molecule has 0 N–H and O–H groups in total. The van der Waals surface area contributed by atoms with Crippen LogP contribution < -0.4 is 0 Å². The highest BCUT2D eigenvalue weighted by atomic mass is 35.5. The third-order valence-electron chi connectivity index (χ3n) is 5.31. The topological polar surface area (TPSA) is 42.7 Å². The zero-order valence-electron chi connectivity index (χ0n) is 16.2. The van der Waals surface area contributed by atoms with Gasteiger partial charge >= 0.3 is 0 Å². The number of carbonyl (C=O) groups excluding carboxylic acids is 1. The van der Waals surface area contributed by atoms with Crippen LogP contribution in [0.3, 0.4) is 0 Å². The molecule has 1 saturated heterocycles. The lowest BCUT2D eigenvalue weighted by molar-refractivity contribution is 0.0485. The van der Waals surface area contributed by atoms with Crippen molar-refractivity contribution in [3.63, 3.8) is 0 Å². The van der Waals surface area contributed by atoms with Gasteiger partial charge in [0.25, 0.3) is 5.91 Å². The van der Waals surface area contributed by atoms with Gasteiger partial charge in [-0.1, -0.05) is 35.9 Å². The molecule has 1 atom stereocenters. The van der Waals surface area contributed by atoms with E-state index < -0.39 is 0 Å². The Balaban J connectivity index is 1.65. The molecule has 1 amide bonds. The summed E-state index contributed by atoms with van der Waals surface area (Å²) >= 11 is 6.01. The summed E-state index contributed by atoms with van der Waals surface area (Å²) in [6, 6.07) is 13.6. The summed E-state index contributed by atoms with van der Waals surface area (Å²) in [4.78, 5) is 15.3. The first-order valence-corrected chi connectivity index (χ1v) is 10.0. The minimum absolute atomic E-state index is 0.0724. The molecule has 1 aromatic heterocycles. The van der Waals surface area contributed by atoms with Gasteiger partial charge in [0, 0.05) is 35.7 Å². The maximum absolute atomic E-state index is 13.4. The molecule has 5 heteroatoms. The molecule has 0 aliphatic carbocycles. The van der Waals surface area contributed by atoms with Crippen LogP contribution >= 0.6 is 11.6 Å². The van der Waals surface area contributed by atoms with Crippen molar-refractivity contribution < 1.29 is 13.9 Å². The molecule has 0 radical (unpaired) electrons. The van der Waals surface area contributed by atoms with Crippen LogP contribution in [0, 0.1) is 13.8 Å². The fraction of sp³-hybridized carbons (Fsp3) is 0.348. The Bertz CT molecular complexity index is 987. The van der Waals surface area contributed by atoms with Gasteiger partial charge in [0.05, 0.1) is 6.10 Å². The number of hydrogen-bond donors (Lipinski definition) is 0. The van der Waals surface area contributed by atoms with E-state index in [0.29, 0.717) is 23.9 Å². The first kappa shape index (κ1) is 19.0. The molecule has 1 unspecified atom stereocenters. The number of hydrogen-bond acceptors (Lipinski definition) is 3. The second kappa shape index (κ2) is 7.98. The van der Waals surface area contributed by atoms with Gasteiger partial charge in [-0.25, -0.2) is 0 Å². The number of ether oxygens (including phenoxy) is 1. The Hall–Kier alpha value is -2.30. The third kappa shape index (κ3) is 3.94. The van der Waals surface area contributed by atoms with E-state index in [9.17, 15) is 4.79 Å². The second-order valence-electron chi connectivity index (χ2n) is 7.50. The lowest BCUT2D eigenvalue weighted by Gasteiger charge is -2.25. The Morgan fingerprint density at radius 2 is 1.96 bits per heavy atom. The first-order valence-electron chi connectivity index (χ1n) is 9.66. The summed E-state index contributed by atoms with van der Waals surface area (Å²) in [5, 5.41) is 1.67. The van der Waals surface area contributed by atoms with Crippen molar-refractivity contribution in [3.05, 3.63) is 69.9 Å². The number of halogens is 1. The summed E-state index contributed by atoms with van der Waals surface area (Å²) in [6.45, 7) is 5.77. The van der Waals surface area contributed by atoms with Crippen LogP contribution in [0.1, 0.15) is 40.1 Å². The van der Waals surface area contributed by atoms with Crippen molar-refractivity contribution in [2.24, 2.45) is 0 Å². The van der Waals surface area contributed by atoms with Crippen LogP contribution in [0.2, 0.25) is 5.02 Å². The maximum atomic E-state index is 13.4. The van der Waals surface area contributed by atoms with E-state index in [4.69, 9.17) is 20.8 Å². The summed E-state index contributed by atoms with van der Waals surface area (Å²) < 4.78 is 11.8. The van der Waals surface area contributed by atoms with E-state index in [0.717, 1.165) is 47.1 Å². The summed E-state index contributed by atoms with van der Waals surface area (Å²) in [6.07, 6.45) is 2.09. The number of amides is 1. The average molecular weight is 398 g/mol. The molecule has 3 aromatic rings. The number of carbonyl (C=O) groups is 1. The molecule has 0 spiro atoms. The highest BCUT2D eigenvalue weighted by molar-refractivity contribution is 6.30. The third-order valence-corrected chi connectivity index (χ3v) is 5.56. The maximum Gasteiger partial charge on any atom is 0.290 e. The van der Waals surface area contributed by atoms with E-state index in [1.165, 1.54) is 0 Å². The number of benzene rings is 2. The van der Waals surface area contributed by atoms with Crippen LogP contribution in [-0.4, -0.2) is 30.1 Å². The van der Waals surface area contributed by atoms with Crippen molar-refractivity contribution in [2.75, 3.05) is 13.2 Å². The van der Waals surface area contributed by atoms with Crippen molar-refractivity contribution >= 4 is 28.5 Å². The molecule has 4 rings (SSSR count). The SMILES string of the molecule is Cc1ccc2c(C)c(C(=O)N(Cc3ccc(Cl)cc3)CC3CCCO3)oc2c1. The van der Waals surface area contributed by atoms with Crippen LogP contribution in [0.15, 0.2) is 46.9 Å². The minimum Gasteiger partial charge on any atom is -0.451 e. The van der Waals surface area contributed by atoms with Gasteiger partial charge in [0.2, 0.25) is 0 Å². The zero-order chi connectivity index (χ0) is 19.7. The quantitative estimate of drug-likeness (QED) is 0.568. The highest BCUT2D eigenvalue weighted by Crippen LogP contribution is 2.28. The lowest BCUT2D eigenvalue weighted by atomic mass is 10.1. The van der Waals surface area contributed by atoms with Gasteiger partial charge < -0.3 is 14.1 Å². The van der Waals surface area contributed by atoms with Gasteiger partial charge in [-0.3, -0.25) is 4.79 Å². The average Bonchev–Trinajstić information content (AvgIpc) is 3.30. The second-order valence-corrected chi connectivity index (χ2v) is 7.94. The van der Waals surface area contributed by atoms with Gasteiger partial charge in [-0.05, 0) is 56.0 Å². The molecule has 2 aromatic carbocycles. The van der Waals surface area contributed by atoms with E-state index in [-0.39, 0.29) is 12.0 Å². The van der Waals surface area contributed by atoms with Crippen molar-refractivity contribution in [2.45, 2.75) is 39.3 Å². The molecule has 1 aliphatic heterocycles. The molecule has 1 aliphatic rings. The van der Waals surface area contributed by atoms with Crippen molar-refractivity contribution in [1.82, 2.24) is 4.90 Å². The van der Waals surface area contributed by atoms with Crippen molar-refractivity contribution in [1.29, 1.82) is 0 Å². The summed E-state index contributed by atoms with van der Waals surface area (Å²) in [5.41, 5.74) is 3.77. The molecule has 1 fully saturated rings. The van der Waals surface area contributed by atoms with E-state index >= 15 is 0 Å². The predicted octanol–water partition coefficient (Wildman–Crippen LogP) is 5.52. The summed E-state index contributed by atoms with van der Waals surface area (Å²) in [7, 11) is 0. The van der Waals surface area contributed by atoms with Gasteiger partial charge in [-0.2, -0.15) is 0 Å². The number of rotatable bonds is 5.